The van der Waals surface area contributed by atoms with Crippen LogP contribution >= 0.6 is 0 Å². The van der Waals surface area contributed by atoms with Crippen LogP contribution in [0, 0.1) is 53.3 Å². The molecule has 0 bridgehead atoms. The third-order valence-corrected chi connectivity index (χ3v) is 19.7. The molecule has 0 radical (unpaired) electrons. The standard InChI is InChI=1S/C20H24N4O4.C20H22N4O3.C18H22N4O3.C18H22N4O2.C18H19N3O2.C2H6.3CH4/c1-4-14(5-2)12-22-19(26)11-17-10-18(23-28-17)15-6-8-16(9-7-15)20(21)24-27-13(3)25;1-4-14(5-2)12-21-19(25)11-17-10-18(23-27-17)15-6-8-16(9-7-15)20-22-13(3)26-24-20;1-3-12(4-2)11-20-17(23)10-15-9-16(22-25-15)13-5-7-14(8-6-13)18(19)21-24;1-3-12(4-2)11-21-17(23)10-15-9-16(22-24-15)13-5-7-14(8-6-13)18(19)20;1-3-13(4-2)12-20-18(22)10-16-9-17(21-23-16)15-7-5-14(11-19)6-8-15;1-2;;;/h4-9,14,17H,1-2,10-12H2,3H3,(H2,21,24)(H,22,26);4-9,14,17H,1-2,10-12H2,3H3,(H,21,25);3-8,12,15,24H,1-2,9-11H2,(H2,19,21)(H,20,23);3-8,12,15H,1-2,9-11H2,(H3,19,20)(H,21,23);3-8,13,16H,1-2,9-10,12H2,(H,20,22);1-2H3;3*1H4. The zero-order valence-corrected chi connectivity index (χ0v) is 73.2. The Morgan fingerprint density at radius 2 is 0.682 bits per heavy atom. The first-order valence-electron chi connectivity index (χ1n) is 41.6. The minimum atomic E-state index is -0.545. The van der Waals surface area contributed by atoms with Crippen molar-refractivity contribution in [2.75, 3.05) is 32.7 Å². The van der Waals surface area contributed by atoms with Crippen molar-refractivity contribution in [2.45, 2.75) is 145 Å². The number of benzene rings is 5. The van der Waals surface area contributed by atoms with Crippen LogP contribution in [-0.4, -0.2) is 160 Å². The molecule has 6 heterocycles. The maximum absolute atomic E-state index is 12.0. The number of hydrogen-bond acceptors (Lipinski definition) is 25. The molecule has 33 heteroatoms. The molecule has 5 aromatic carbocycles. The second-order valence-corrected chi connectivity index (χ2v) is 29.2. The van der Waals surface area contributed by atoms with E-state index in [9.17, 15) is 28.8 Å². The van der Waals surface area contributed by atoms with Gasteiger partial charge in [-0.3, -0.25) is 29.4 Å². The fraction of sp³-hybridized carbons (Fsp3) is 0.323. The molecule has 0 fully saturated rings. The van der Waals surface area contributed by atoms with Gasteiger partial charge in [0.25, 0.3) is 0 Å². The third kappa shape index (κ3) is 37.4. The number of nitrogen functional groups attached to an aromatic ring is 1. The Labute approximate surface area is 774 Å². The summed E-state index contributed by atoms with van der Waals surface area (Å²) in [6.07, 6.45) is 20.0. The summed E-state index contributed by atoms with van der Waals surface area (Å²) in [5.74, 6) is 0.514. The van der Waals surface area contributed by atoms with E-state index < -0.39 is 5.97 Å². The van der Waals surface area contributed by atoms with E-state index in [0.717, 1.165) is 61.9 Å². The summed E-state index contributed by atoms with van der Waals surface area (Å²) in [4.78, 5) is 106. The Bertz CT molecular complexity index is 5100. The van der Waals surface area contributed by atoms with Gasteiger partial charge in [0.15, 0.2) is 11.7 Å². The van der Waals surface area contributed by atoms with E-state index in [-0.39, 0.29) is 162 Å². The molecule has 132 heavy (non-hydrogen) atoms. The first kappa shape index (κ1) is 111. The van der Waals surface area contributed by atoms with E-state index in [2.05, 4.69) is 150 Å². The van der Waals surface area contributed by atoms with Crippen molar-refractivity contribution >= 4 is 81.6 Å². The number of nitrogens with zero attached hydrogens (tertiary/aromatic N) is 10. The lowest BCUT2D eigenvalue weighted by atomic mass is 10.0. The first-order valence-corrected chi connectivity index (χ1v) is 41.6. The van der Waals surface area contributed by atoms with Gasteiger partial charge in [0.05, 0.1) is 72.3 Å². The van der Waals surface area contributed by atoms with Gasteiger partial charge in [0, 0.05) is 131 Å². The number of oxime groups is 7. The average Bonchev–Trinajstić information content (AvgIpc) is 1.69. The molecular formula is C99H127N19O14. The van der Waals surface area contributed by atoms with Crippen molar-refractivity contribution in [3.8, 4) is 17.5 Å². The normalized spacial score (nSPS) is 15.7. The Morgan fingerprint density at radius 1 is 0.439 bits per heavy atom. The number of carbonyl (C=O) groups excluding carboxylic acids is 6. The highest BCUT2D eigenvalue weighted by molar-refractivity contribution is 6.06. The molecule has 33 nitrogen and oxygen atoms in total. The largest absolute Gasteiger partial charge is 0.409 e. The van der Waals surface area contributed by atoms with Crippen molar-refractivity contribution in [3.05, 3.63) is 304 Å². The van der Waals surface area contributed by atoms with Gasteiger partial charge < -0.3 is 82.5 Å². The van der Waals surface area contributed by atoms with Gasteiger partial charge in [-0.25, -0.2) is 4.79 Å². The van der Waals surface area contributed by atoms with Crippen LogP contribution in [0.15, 0.2) is 288 Å². The second kappa shape index (κ2) is 59.5. The average molecular weight is 1810 g/mol. The van der Waals surface area contributed by atoms with E-state index in [1.807, 2.05) is 86.6 Å². The number of nitrogens with two attached hydrogens (primary N) is 3. The van der Waals surface area contributed by atoms with Gasteiger partial charge in [-0.15, -0.1) is 65.8 Å². The Balaban J connectivity index is 0.000000421. The predicted molar refractivity (Wildman–Crippen MR) is 520 cm³/mol. The van der Waals surface area contributed by atoms with Crippen molar-refractivity contribution in [2.24, 2.45) is 82.9 Å². The summed E-state index contributed by atoms with van der Waals surface area (Å²) in [7, 11) is 0. The van der Waals surface area contributed by atoms with Gasteiger partial charge in [-0.05, 0) is 39.9 Å². The first-order chi connectivity index (χ1) is 62.3. The van der Waals surface area contributed by atoms with Crippen molar-refractivity contribution in [3.63, 3.8) is 0 Å². The highest BCUT2D eigenvalue weighted by Crippen LogP contribution is 2.27. The van der Waals surface area contributed by atoms with E-state index in [1.165, 1.54) is 6.92 Å². The lowest BCUT2D eigenvalue weighted by molar-refractivity contribution is -0.141. The minimum absolute atomic E-state index is 0. The van der Waals surface area contributed by atoms with Crippen LogP contribution < -0.4 is 43.8 Å². The number of amidine groups is 3. The van der Waals surface area contributed by atoms with Crippen molar-refractivity contribution in [1.29, 1.82) is 10.7 Å². The predicted octanol–water partition coefficient (Wildman–Crippen LogP) is 14.1. The fourth-order valence-corrected chi connectivity index (χ4v) is 12.1. The molecule has 6 aromatic rings. The topological polar surface area (TPSA) is 489 Å². The molecule has 0 spiro atoms. The zero-order chi connectivity index (χ0) is 94.2. The lowest BCUT2D eigenvalue weighted by Gasteiger charge is -2.11. The van der Waals surface area contributed by atoms with E-state index in [4.69, 9.17) is 61.8 Å². The summed E-state index contributed by atoms with van der Waals surface area (Å²) in [5.41, 5.74) is 28.5. The quantitative estimate of drug-likeness (QED) is 0.00426. The van der Waals surface area contributed by atoms with Crippen molar-refractivity contribution < 1.29 is 67.5 Å². The summed E-state index contributed by atoms with van der Waals surface area (Å²) >= 11 is 0. The van der Waals surface area contributed by atoms with Crippen LogP contribution in [0.2, 0.25) is 0 Å². The lowest BCUT2D eigenvalue weighted by Crippen LogP contribution is -2.30. The second-order valence-electron chi connectivity index (χ2n) is 29.2. The van der Waals surface area contributed by atoms with E-state index >= 15 is 0 Å². The van der Waals surface area contributed by atoms with Gasteiger partial charge in [-0.1, -0.05) is 247 Å². The number of rotatable bonds is 40. The molecule has 0 aliphatic carbocycles. The molecule has 11 rings (SSSR count). The van der Waals surface area contributed by atoms with Crippen LogP contribution in [0.3, 0.4) is 0 Å². The molecule has 5 unspecified atom stereocenters. The Morgan fingerprint density at radius 3 is 0.909 bits per heavy atom. The molecule has 702 valence electrons. The summed E-state index contributed by atoms with van der Waals surface area (Å²) in [5, 5.41) is 69.8. The van der Waals surface area contributed by atoms with Crippen LogP contribution in [0.1, 0.15) is 163 Å². The van der Waals surface area contributed by atoms with Gasteiger partial charge in [0.2, 0.25) is 41.3 Å². The number of nitrogens with one attached hydrogen (secondary N) is 6. The van der Waals surface area contributed by atoms with Gasteiger partial charge >= 0.3 is 5.97 Å². The molecule has 13 N–H and O–H groups in total. The number of aromatic nitrogens is 2. The molecule has 5 aliphatic heterocycles. The molecule has 1 aromatic heterocycles. The highest BCUT2D eigenvalue weighted by Gasteiger charge is 2.31. The Hall–Kier alpha value is -15.5. The number of nitriles is 1. The number of aryl methyl sites for hydroxylation is 1. The number of carbonyl (C=O) groups is 6. The molecular weight excluding hydrogens is 1680 g/mol. The highest BCUT2D eigenvalue weighted by atomic mass is 16.7. The summed E-state index contributed by atoms with van der Waals surface area (Å²) in [6, 6.07) is 38.4. The van der Waals surface area contributed by atoms with E-state index in [0.29, 0.717) is 98.8 Å². The van der Waals surface area contributed by atoms with Gasteiger partial charge in [-0.2, -0.15) is 10.2 Å². The SMILES string of the molecule is C.C.C.C=CC(C=C)CNC(=O)CC1CC(c2ccc(-c3noc(C)n3)cc2)=NO1.C=CC(C=C)CNC(=O)CC1CC(c2ccc(/C(N)=N/O)cc2)=NO1.C=CC(C=C)CNC(=O)CC1CC(c2ccc(/C(N)=N/OC(C)=O)cc2)=NO1.C=CC(C=C)CNC(=O)CC1CC(c2ccc(C#N)cc2)=NO1.C=CC(C=C)CNC(=O)CC1CC(c2ccc(C(=N)N)cc2)=NO1.CC. The Kier molecular flexibility index (Phi) is 49.9. The molecule has 5 amide bonds. The molecule has 0 saturated heterocycles. The van der Waals surface area contributed by atoms with Crippen LogP contribution in [-0.2, 0) is 57.8 Å². The van der Waals surface area contributed by atoms with Gasteiger partial charge in [0.1, 0.15) is 36.4 Å². The minimum Gasteiger partial charge on any atom is -0.409 e. The van der Waals surface area contributed by atoms with Crippen LogP contribution in [0.25, 0.3) is 11.4 Å². The molecule has 5 atom stereocenters. The van der Waals surface area contributed by atoms with Crippen LogP contribution in [0.5, 0.6) is 0 Å². The third-order valence-electron chi connectivity index (χ3n) is 19.7. The number of hydrogen-bond donors (Lipinski definition) is 10. The monoisotopic (exact) mass is 1810 g/mol. The smallest absolute Gasteiger partial charge is 0.332 e. The molecule has 5 aliphatic rings. The zero-order valence-electron chi connectivity index (χ0n) is 73.2. The van der Waals surface area contributed by atoms with Crippen LogP contribution in [0.4, 0.5) is 0 Å². The van der Waals surface area contributed by atoms with Crippen molar-refractivity contribution in [1.82, 2.24) is 36.7 Å². The maximum atomic E-state index is 12.0. The summed E-state index contributed by atoms with van der Waals surface area (Å²) < 4.78 is 5.00. The summed E-state index contributed by atoms with van der Waals surface area (Å²) in [6.45, 7) is 46.3. The molecule has 0 saturated carbocycles. The number of amides is 5. The van der Waals surface area contributed by atoms with E-state index in [1.54, 1.807) is 116 Å². The fourth-order valence-electron chi connectivity index (χ4n) is 12.1. The maximum Gasteiger partial charge on any atom is 0.332 e.